The van der Waals surface area contributed by atoms with Crippen molar-refractivity contribution in [3.8, 4) is 0 Å². The first-order valence-electron chi connectivity index (χ1n) is 7.38. The van der Waals surface area contributed by atoms with E-state index >= 15 is 0 Å². The van der Waals surface area contributed by atoms with Gasteiger partial charge in [0.1, 0.15) is 6.04 Å². The lowest BCUT2D eigenvalue weighted by Gasteiger charge is -2.30. The number of amides is 1. The van der Waals surface area contributed by atoms with E-state index in [2.05, 4.69) is 5.43 Å². The number of carbonyl (C=O) groups excluding carboxylic acids is 1. The molecule has 1 aliphatic rings. The van der Waals surface area contributed by atoms with E-state index in [-0.39, 0.29) is 18.0 Å². The Hall–Kier alpha value is -1.56. The van der Waals surface area contributed by atoms with Crippen LogP contribution in [0.5, 0.6) is 0 Å². The number of halogens is 3. The lowest BCUT2D eigenvalue weighted by atomic mass is 9.93. The second-order valence-corrected chi connectivity index (χ2v) is 6.39. The first-order chi connectivity index (χ1) is 10.1. The smallest absolute Gasteiger partial charge is 0.287 e. The largest absolute Gasteiger partial charge is 0.409 e. The topological polar surface area (TPSA) is 32.3 Å². The van der Waals surface area contributed by atoms with Crippen molar-refractivity contribution < 1.29 is 18.0 Å². The zero-order chi connectivity index (χ0) is 16.5. The summed E-state index contributed by atoms with van der Waals surface area (Å²) in [6.45, 7) is 5.32. The van der Waals surface area contributed by atoms with Gasteiger partial charge in [0.05, 0.1) is 5.41 Å². The molecule has 1 saturated heterocycles. The van der Waals surface area contributed by atoms with Crippen LogP contribution in [-0.4, -0.2) is 23.6 Å². The summed E-state index contributed by atoms with van der Waals surface area (Å²) in [5.74, 6) is -0.385. The molecule has 1 aromatic carbocycles. The van der Waals surface area contributed by atoms with Crippen LogP contribution in [0.4, 0.5) is 13.2 Å². The number of rotatable bonds is 4. The van der Waals surface area contributed by atoms with Gasteiger partial charge in [-0.3, -0.25) is 10.2 Å². The van der Waals surface area contributed by atoms with Gasteiger partial charge in [0.2, 0.25) is 5.91 Å². The quantitative estimate of drug-likeness (QED) is 0.920. The monoisotopic (exact) mass is 314 g/mol. The molecule has 1 fully saturated rings. The van der Waals surface area contributed by atoms with E-state index in [0.29, 0.717) is 0 Å². The average molecular weight is 314 g/mol. The first-order valence-corrected chi connectivity index (χ1v) is 7.38. The highest BCUT2D eigenvalue weighted by Crippen LogP contribution is 2.40. The van der Waals surface area contributed by atoms with Crippen molar-refractivity contribution in [3.63, 3.8) is 0 Å². The van der Waals surface area contributed by atoms with Crippen LogP contribution >= 0.6 is 0 Å². The number of hydrazine groups is 1. The Morgan fingerprint density at radius 1 is 1.27 bits per heavy atom. The fraction of sp³-hybridized carbons (Fsp3) is 0.562. The third-order valence-corrected chi connectivity index (χ3v) is 3.88. The van der Waals surface area contributed by atoms with Crippen LogP contribution in [0.25, 0.3) is 0 Å². The fourth-order valence-corrected chi connectivity index (χ4v) is 2.68. The van der Waals surface area contributed by atoms with E-state index in [9.17, 15) is 18.0 Å². The highest BCUT2D eigenvalue weighted by atomic mass is 19.4. The number of nitrogens with zero attached hydrogens (tertiary/aromatic N) is 1. The zero-order valence-corrected chi connectivity index (χ0v) is 13.0. The molecule has 1 heterocycles. The molecule has 0 bridgehead atoms. The van der Waals surface area contributed by atoms with Crippen LogP contribution in [0.2, 0.25) is 0 Å². The molecule has 1 N–H and O–H groups in total. The summed E-state index contributed by atoms with van der Waals surface area (Å²) in [4.78, 5) is 11.8. The molecule has 122 valence electrons. The molecular formula is C16H21F3N2O. The number of hydrogen-bond acceptors (Lipinski definition) is 2. The third-order valence-electron chi connectivity index (χ3n) is 3.88. The molecule has 0 radical (unpaired) electrons. The predicted octanol–water partition coefficient (Wildman–Crippen LogP) is 3.62. The molecule has 0 saturated carbocycles. The van der Waals surface area contributed by atoms with Crippen molar-refractivity contribution >= 4 is 5.91 Å². The van der Waals surface area contributed by atoms with E-state index < -0.39 is 17.6 Å². The second-order valence-electron chi connectivity index (χ2n) is 6.39. The summed E-state index contributed by atoms with van der Waals surface area (Å²) in [7, 11) is 0. The van der Waals surface area contributed by atoms with Gasteiger partial charge in [-0.15, -0.1) is 0 Å². The van der Waals surface area contributed by atoms with E-state index in [1.807, 2.05) is 6.92 Å². The first kappa shape index (κ1) is 16.8. The number of alkyl halides is 3. The summed E-state index contributed by atoms with van der Waals surface area (Å²) in [5, 5.41) is 0.997. The van der Waals surface area contributed by atoms with Crippen molar-refractivity contribution in [2.75, 3.05) is 6.54 Å². The van der Waals surface area contributed by atoms with Gasteiger partial charge >= 0.3 is 6.18 Å². The Labute approximate surface area is 128 Å². The van der Waals surface area contributed by atoms with Gasteiger partial charge in [-0.1, -0.05) is 37.6 Å². The van der Waals surface area contributed by atoms with Gasteiger partial charge in [0.15, 0.2) is 0 Å². The van der Waals surface area contributed by atoms with Gasteiger partial charge < -0.3 is 0 Å². The molecule has 1 aromatic rings. The van der Waals surface area contributed by atoms with Gasteiger partial charge in [-0.2, -0.15) is 13.2 Å². The highest BCUT2D eigenvalue weighted by Gasteiger charge is 2.51. The number of hydrogen-bond donors (Lipinski definition) is 1. The normalized spacial score (nSPS) is 20.0. The molecule has 1 unspecified atom stereocenters. The zero-order valence-electron chi connectivity index (χ0n) is 13.0. The average Bonchev–Trinajstić information content (AvgIpc) is 2.64. The summed E-state index contributed by atoms with van der Waals surface area (Å²) >= 11 is 0. The Morgan fingerprint density at radius 2 is 1.86 bits per heavy atom. The summed E-state index contributed by atoms with van der Waals surface area (Å²) in [5.41, 5.74) is 2.69. The maximum Gasteiger partial charge on any atom is 0.409 e. The minimum absolute atomic E-state index is 0.0206. The lowest BCUT2D eigenvalue weighted by molar-refractivity contribution is -0.191. The molecule has 22 heavy (non-hydrogen) atoms. The van der Waals surface area contributed by atoms with Crippen LogP contribution in [0, 0.1) is 5.41 Å². The van der Waals surface area contributed by atoms with Crippen molar-refractivity contribution in [2.45, 2.75) is 45.8 Å². The van der Waals surface area contributed by atoms with Crippen LogP contribution < -0.4 is 5.43 Å². The Balaban J connectivity index is 2.30. The molecule has 6 heteroatoms. The van der Waals surface area contributed by atoms with Crippen LogP contribution in [-0.2, 0) is 11.2 Å². The highest BCUT2D eigenvalue weighted by molar-refractivity contribution is 5.83. The minimum atomic E-state index is -4.46. The lowest BCUT2D eigenvalue weighted by Crippen LogP contribution is -2.43. The van der Waals surface area contributed by atoms with Crippen molar-refractivity contribution in [3.05, 3.63) is 35.4 Å². The third kappa shape index (κ3) is 3.43. The Kier molecular flexibility index (Phi) is 4.52. The van der Waals surface area contributed by atoms with Gasteiger partial charge in [0, 0.05) is 6.54 Å². The summed E-state index contributed by atoms with van der Waals surface area (Å²) < 4.78 is 40.5. The van der Waals surface area contributed by atoms with E-state index in [0.717, 1.165) is 23.4 Å². The van der Waals surface area contributed by atoms with Crippen LogP contribution in [0.15, 0.2) is 24.3 Å². The number of benzene rings is 1. The molecule has 0 spiro atoms. The number of nitrogens with one attached hydrogen (secondary N) is 1. The van der Waals surface area contributed by atoms with Gasteiger partial charge in [-0.25, -0.2) is 5.01 Å². The molecule has 3 nitrogen and oxygen atoms in total. The van der Waals surface area contributed by atoms with Gasteiger partial charge in [-0.05, 0) is 31.4 Å². The molecule has 0 aromatic heterocycles. The minimum Gasteiger partial charge on any atom is -0.287 e. The van der Waals surface area contributed by atoms with Crippen LogP contribution in [0.1, 0.15) is 44.4 Å². The van der Waals surface area contributed by atoms with E-state index in [4.69, 9.17) is 0 Å². The van der Waals surface area contributed by atoms with Crippen molar-refractivity contribution in [1.82, 2.24) is 10.4 Å². The summed E-state index contributed by atoms with van der Waals surface area (Å²) in [6, 6.07) is 4.62. The molecule has 0 aliphatic carbocycles. The van der Waals surface area contributed by atoms with Crippen molar-refractivity contribution in [1.29, 1.82) is 0 Å². The standard InChI is InChI=1S/C16H21F3N2O/c1-4-5-11-6-8-12(9-7-11)13(16(17,18)19)21-10-15(2,3)14(22)20-21/h6-9,13H,4-5,10H2,1-3H3,(H,20,22). The van der Waals surface area contributed by atoms with Crippen molar-refractivity contribution in [2.24, 2.45) is 5.41 Å². The molecule has 1 amide bonds. The maximum atomic E-state index is 13.5. The van der Waals surface area contributed by atoms with Gasteiger partial charge in [0.25, 0.3) is 0 Å². The molecule has 1 atom stereocenters. The Bertz CT molecular complexity index is 537. The SMILES string of the molecule is CCCc1ccc(C(N2CC(C)(C)C(=O)N2)C(F)(F)F)cc1. The summed E-state index contributed by atoms with van der Waals surface area (Å²) in [6.07, 6.45) is -2.68. The fourth-order valence-electron chi connectivity index (χ4n) is 2.68. The number of carbonyl (C=O) groups is 1. The molecule has 1 aliphatic heterocycles. The van der Waals surface area contributed by atoms with E-state index in [1.165, 1.54) is 12.1 Å². The second kappa shape index (κ2) is 5.91. The predicted molar refractivity (Wildman–Crippen MR) is 77.9 cm³/mol. The molecule has 2 rings (SSSR count). The van der Waals surface area contributed by atoms with E-state index in [1.54, 1.807) is 26.0 Å². The number of aryl methyl sites for hydroxylation is 1. The maximum absolute atomic E-state index is 13.5. The Morgan fingerprint density at radius 3 is 2.27 bits per heavy atom. The molecular weight excluding hydrogens is 293 g/mol. The van der Waals surface area contributed by atoms with Crippen LogP contribution in [0.3, 0.4) is 0 Å².